The lowest BCUT2D eigenvalue weighted by Gasteiger charge is -2.19. The van der Waals surface area contributed by atoms with Gasteiger partial charge in [0.15, 0.2) is 0 Å². The first-order valence-electron chi connectivity index (χ1n) is 11.5. The van der Waals surface area contributed by atoms with Gasteiger partial charge in [-0.1, -0.05) is 25.0 Å². The normalized spacial score (nSPS) is 20.2. The molecule has 1 saturated carbocycles. The second-order valence-electron chi connectivity index (χ2n) is 8.76. The van der Waals surface area contributed by atoms with E-state index in [1.54, 1.807) is 26.0 Å². The van der Waals surface area contributed by atoms with Crippen LogP contribution >= 0.6 is 0 Å². The first-order valence-corrected chi connectivity index (χ1v) is 12.9. The van der Waals surface area contributed by atoms with E-state index in [1.165, 1.54) is 35.2 Å². The van der Waals surface area contributed by atoms with Crippen LogP contribution in [-0.4, -0.2) is 37.7 Å². The lowest BCUT2D eigenvalue weighted by atomic mass is 9.81. The SMILES string of the molecule is CCOC(=O)c1ccc(NS(=O)(=O)c2cc(CN3C(=O)[C@H]4CCCC[C@@H]4C3=O)ccc2C)cc1. The fraction of sp³-hybridized carbons (Fsp3) is 0.400. The zero-order valence-electron chi connectivity index (χ0n) is 19.2. The highest BCUT2D eigenvalue weighted by molar-refractivity contribution is 7.92. The number of ether oxygens (including phenoxy) is 1. The minimum atomic E-state index is -3.95. The van der Waals surface area contributed by atoms with E-state index >= 15 is 0 Å². The number of anilines is 1. The Morgan fingerprint density at radius 1 is 1.03 bits per heavy atom. The van der Waals surface area contributed by atoms with Gasteiger partial charge in [0, 0.05) is 5.69 Å². The summed E-state index contributed by atoms with van der Waals surface area (Å²) < 4.78 is 33.7. The molecule has 1 saturated heterocycles. The van der Waals surface area contributed by atoms with Crippen molar-refractivity contribution in [2.75, 3.05) is 11.3 Å². The molecule has 0 spiro atoms. The van der Waals surface area contributed by atoms with Gasteiger partial charge in [0.1, 0.15) is 0 Å². The number of carbonyl (C=O) groups excluding carboxylic acids is 3. The maximum Gasteiger partial charge on any atom is 0.338 e. The molecule has 9 heteroatoms. The van der Waals surface area contributed by atoms with Crippen molar-refractivity contribution in [2.24, 2.45) is 11.8 Å². The molecule has 2 aromatic rings. The molecule has 2 atom stereocenters. The number of hydrogen-bond donors (Lipinski definition) is 1. The Kier molecular flexibility index (Phi) is 6.74. The smallest absolute Gasteiger partial charge is 0.338 e. The molecule has 8 nitrogen and oxygen atoms in total. The van der Waals surface area contributed by atoms with Crippen molar-refractivity contribution in [3.05, 3.63) is 59.2 Å². The number of amides is 2. The molecule has 1 heterocycles. The average Bonchev–Trinajstić information content (AvgIpc) is 3.05. The molecule has 0 aromatic heterocycles. The summed E-state index contributed by atoms with van der Waals surface area (Å²) in [5, 5.41) is 0. The van der Waals surface area contributed by atoms with Crippen LogP contribution in [0.4, 0.5) is 5.69 Å². The highest BCUT2D eigenvalue weighted by Crippen LogP contribution is 2.38. The third kappa shape index (κ3) is 4.70. The van der Waals surface area contributed by atoms with Gasteiger partial charge >= 0.3 is 5.97 Å². The molecule has 2 aromatic carbocycles. The maximum atomic E-state index is 13.1. The second kappa shape index (κ2) is 9.58. The molecule has 1 aliphatic carbocycles. The number of carbonyl (C=O) groups is 3. The number of likely N-dealkylation sites (tertiary alicyclic amines) is 1. The second-order valence-corrected chi connectivity index (χ2v) is 10.4. The number of benzene rings is 2. The van der Waals surface area contributed by atoms with Gasteiger partial charge in [-0.25, -0.2) is 13.2 Å². The van der Waals surface area contributed by atoms with E-state index in [9.17, 15) is 22.8 Å². The lowest BCUT2D eigenvalue weighted by molar-refractivity contribution is -0.140. The third-order valence-electron chi connectivity index (χ3n) is 6.46. The maximum absolute atomic E-state index is 13.1. The van der Waals surface area contributed by atoms with E-state index in [0.29, 0.717) is 22.4 Å². The van der Waals surface area contributed by atoms with Crippen molar-refractivity contribution < 1.29 is 27.5 Å². The highest BCUT2D eigenvalue weighted by Gasteiger charge is 2.47. The van der Waals surface area contributed by atoms with Crippen LogP contribution in [0.2, 0.25) is 0 Å². The van der Waals surface area contributed by atoms with Crippen LogP contribution in [0.5, 0.6) is 0 Å². The number of nitrogens with zero attached hydrogens (tertiary/aromatic N) is 1. The summed E-state index contributed by atoms with van der Waals surface area (Å²) in [6, 6.07) is 10.9. The van der Waals surface area contributed by atoms with Crippen molar-refractivity contribution in [3.63, 3.8) is 0 Å². The van der Waals surface area contributed by atoms with Crippen molar-refractivity contribution in [2.45, 2.75) is 51.0 Å². The van der Waals surface area contributed by atoms with Crippen LogP contribution in [0, 0.1) is 18.8 Å². The number of aryl methyl sites for hydroxylation is 1. The molecule has 1 N–H and O–H groups in total. The molecule has 0 unspecified atom stereocenters. The quantitative estimate of drug-likeness (QED) is 0.475. The van der Waals surface area contributed by atoms with Crippen molar-refractivity contribution in [3.8, 4) is 0 Å². The zero-order chi connectivity index (χ0) is 24.5. The van der Waals surface area contributed by atoms with Gasteiger partial charge in [0.25, 0.3) is 10.0 Å². The molecular formula is C25H28N2O6S. The van der Waals surface area contributed by atoms with Gasteiger partial charge in [-0.3, -0.25) is 19.2 Å². The summed E-state index contributed by atoms with van der Waals surface area (Å²) in [5.74, 6) is -1.27. The summed E-state index contributed by atoms with van der Waals surface area (Å²) >= 11 is 0. The van der Waals surface area contributed by atoms with E-state index in [2.05, 4.69) is 4.72 Å². The van der Waals surface area contributed by atoms with Gasteiger partial charge in [-0.2, -0.15) is 0 Å². The first-order chi connectivity index (χ1) is 16.2. The van der Waals surface area contributed by atoms with E-state index in [1.807, 2.05) is 0 Å². The monoisotopic (exact) mass is 484 g/mol. The van der Waals surface area contributed by atoms with Crippen LogP contribution < -0.4 is 4.72 Å². The molecular weight excluding hydrogens is 456 g/mol. The summed E-state index contributed by atoms with van der Waals surface area (Å²) in [6.45, 7) is 3.70. The fourth-order valence-corrected chi connectivity index (χ4v) is 6.06. The predicted molar refractivity (Wildman–Crippen MR) is 125 cm³/mol. The number of sulfonamides is 1. The summed E-state index contributed by atoms with van der Waals surface area (Å²) in [5.41, 5.74) is 1.73. The molecule has 2 fully saturated rings. The van der Waals surface area contributed by atoms with Crippen LogP contribution in [0.25, 0.3) is 0 Å². The van der Waals surface area contributed by atoms with Crippen molar-refractivity contribution in [1.29, 1.82) is 0 Å². The molecule has 2 amide bonds. The lowest BCUT2D eigenvalue weighted by Crippen LogP contribution is -2.30. The van der Waals surface area contributed by atoms with E-state index in [0.717, 1.165) is 25.7 Å². The Hall–Kier alpha value is -3.20. The Morgan fingerprint density at radius 2 is 1.65 bits per heavy atom. The number of hydrogen-bond acceptors (Lipinski definition) is 6. The first kappa shape index (κ1) is 23.9. The van der Waals surface area contributed by atoms with Gasteiger partial charge < -0.3 is 4.74 Å². The molecule has 0 radical (unpaired) electrons. The number of fused-ring (bicyclic) bond motifs is 1. The topological polar surface area (TPSA) is 110 Å². The predicted octanol–water partition coefficient (Wildman–Crippen LogP) is 3.65. The van der Waals surface area contributed by atoms with Gasteiger partial charge in [0.05, 0.1) is 35.4 Å². The largest absolute Gasteiger partial charge is 0.462 e. The number of imide groups is 1. The molecule has 0 bridgehead atoms. The molecule has 4 rings (SSSR count). The Balaban J connectivity index is 1.53. The van der Waals surface area contributed by atoms with Crippen LogP contribution in [0.1, 0.15) is 54.1 Å². The molecule has 34 heavy (non-hydrogen) atoms. The fourth-order valence-electron chi connectivity index (χ4n) is 4.70. The van der Waals surface area contributed by atoms with E-state index in [-0.39, 0.29) is 41.7 Å². The zero-order valence-corrected chi connectivity index (χ0v) is 20.1. The minimum Gasteiger partial charge on any atom is -0.462 e. The number of esters is 1. The Labute approximate surface area is 199 Å². The molecule has 180 valence electrons. The van der Waals surface area contributed by atoms with Crippen molar-refractivity contribution in [1.82, 2.24) is 4.90 Å². The molecule has 2 aliphatic rings. The van der Waals surface area contributed by atoms with E-state index in [4.69, 9.17) is 4.74 Å². The van der Waals surface area contributed by atoms with Gasteiger partial charge in [0.2, 0.25) is 11.8 Å². The summed E-state index contributed by atoms with van der Waals surface area (Å²) in [4.78, 5) is 38.8. The summed E-state index contributed by atoms with van der Waals surface area (Å²) in [6.07, 6.45) is 3.37. The standard InChI is InChI=1S/C25H28N2O6S/c1-3-33-25(30)18-10-12-19(13-11-18)26-34(31,32)22-14-17(9-8-16(22)2)15-27-23(28)20-6-4-5-7-21(20)24(27)29/h8-14,20-21,26H,3-7,15H2,1-2H3/t20-,21-/m0/s1. The van der Waals surface area contributed by atoms with Crippen LogP contribution in [0.3, 0.4) is 0 Å². The highest BCUT2D eigenvalue weighted by atomic mass is 32.2. The average molecular weight is 485 g/mol. The van der Waals surface area contributed by atoms with Gasteiger partial charge in [-0.05, 0) is 68.1 Å². The molecule has 1 aliphatic heterocycles. The van der Waals surface area contributed by atoms with E-state index < -0.39 is 16.0 Å². The Morgan fingerprint density at radius 3 is 2.24 bits per heavy atom. The van der Waals surface area contributed by atoms with Crippen LogP contribution in [-0.2, 0) is 30.9 Å². The Bertz CT molecular complexity index is 1200. The van der Waals surface area contributed by atoms with Crippen LogP contribution in [0.15, 0.2) is 47.4 Å². The number of rotatable bonds is 7. The van der Waals surface area contributed by atoms with Gasteiger partial charge in [-0.15, -0.1) is 0 Å². The third-order valence-corrected chi connectivity index (χ3v) is 7.99. The van der Waals surface area contributed by atoms with Crippen molar-refractivity contribution >= 4 is 33.5 Å². The number of nitrogens with one attached hydrogen (secondary N) is 1. The summed E-state index contributed by atoms with van der Waals surface area (Å²) in [7, 11) is -3.95. The minimum absolute atomic E-state index is 0.0572.